The Balaban J connectivity index is 2.37. The molecule has 0 amide bonds. The molecule has 9 heteroatoms. The third-order valence-electron chi connectivity index (χ3n) is 9.70. The summed E-state index contributed by atoms with van der Waals surface area (Å²) in [6, 6.07) is 8.90. The highest BCUT2D eigenvalue weighted by molar-refractivity contribution is 7.92. The molecule has 0 aliphatic carbocycles. The molecule has 0 aliphatic rings. The van der Waals surface area contributed by atoms with Gasteiger partial charge >= 0.3 is 0 Å². The van der Waals surface area contributed by atoms with Crippen LogP contribution in [0.1, 0.15) is 92.3 Å². The van der Waals surface area contributed by atoms with Crippen molar-refractivity contribution < 1.29 is 17.3 Å². The van der Waals surface area contributed by atoms with Gasteiger partial charge in [0.25, 0.3) is 0 Å². The Kier molecular flexibility index (Phi) is 13.9. The van der Waals surface area contributed by atoms with Crippen molar-refractivity contribution in [3.05, 3.63) is 63.6 Å². The zero-order valence-corrected chi connectivity index (χ0v) is 34.2. The van der Waals surface area contributed by atoms with Crippen molar-refractivity contribution in [1.82, 2.24) is 4.98 Å². The van der Waals surface area contributed by atoms with Crippen LogP contribution in [-0.2, 0) is 18.7 Å². The van der Waals surface area contributed by atoms with Crippen LogP contribution in [-0.4, -0.2) is 48.0 Å². The largest absolute Gasteiger partial charge is 0.417 e. The molecular formula is C36H61NO4S2Si2. The molecule has 0 spiro atoms. The summed E-state index contributed by atoms with van der Waals surface area (Å²) in [6.07, 6.45) is 5.93. The molecule has 45 heavy (non-hydrogen) atoms. The topological polar surface area (TPSA) is 65.5 Å². The van der Waals surface area contributed by atoms with Gasteiger partial charge in [-0.05, 0) is 106 Å². The van der Waals surface area contributed by atoms with E-state index in [1.165, 1.54) is 0 Å². The molecule has 0 radical (unpaired) electrons. The monoisotopic (exact) mass is 691 g/mol. The van der Waals surface area contributed by atoms with Crippen molar-refractivity contribution >= 4 is 43.9 Å². The number of hydrogen-bond donors (Lipinski definition) is 0. The third-order valence-corrected chi connectivity index (χ3v) is 21.6. The molecule has 0 N–H and O–H groups in total. The first-order valence-electron chi connectivity index (χ1n) is 16.3. The summed E-state index contributed by atoms with van der Waals surface area (Å²) in [6.45, 7) is 31.5. The second-order valence-electron chi connectivity index (χ2n) is 15.9. The average Bonchev–Trinajstić information content (AvgIpc) is 3.32. The first-order valence-corrected chi connectivity index (χ1v) is 24.6. The molecule has 0 aliphatic heterocycles. The predicted molar refractivity (Wildman–Crippen MR) is 200 cm³/mol. The second kappa shape index (κ2) is 15.7. The maximum absolute atomic E-state index is 14.0. The van der Waals surface area contributed by atoms with E-state index in [2.05, 4.69) is 111 Å². The van der Waals surface area contributed by atoms with Crippen LogP contribution in [0.4, 0.5) is 0 Å². The molecule has 0 saturated heterocycles. The number of rotatable bonds is 15. The van der Waals surface area contributed by atoms with Crippen molar-refractivity contribution in [3.63, 3.8) is 0 Å². The lowest BCUT2D eigenvalue weighted by molar-refractivity contribution is 0.217. The standard InChI is InChI=1S/C36H61NO4S2Si2/c1-27(20-21-34(41-45(13,14)36(8,9)10)29(3)24-31-26-42-30(4)37-31)22-33(43(38,39)32-18-16-15-17-19-32)23-28(2)25-40-44(11,12)35(5,6)7/h15-20,24,26,28,33-34H,21-23,25H2,1-14H3/t28-,33-,34-/m0/s1. The minimum atomic E-state index is -3.54. The molecular weight excluding hydrogens is 631 g/mol. The Hall–Kier alpha value is -1.37. The highest BCUT2D eigenvalue weighted by atomic mass is 32.2. The predicted octanol–water partition coefficient (Wildman–Crippen LogP) is 10.9. The number of nitrogens with zero attached hydrogens (tertiary/aromatic N) is 1. The van der Waals surface area contributed by atoms with Gasteiger partial charge in [0, 0.05) is 12.0 Å². The molecule has 0 bridgehead atoms. The fraction of sp³-hybridized carbons (Fsp3) is 0.639. The van der Waals surface area contributed by atoms with Crippen LogP contribution in [0.3, 0.4) is 0 Å². The van der Waals surface area contributed by atoms with Crippen molar-refractivity contribution in [2.75, 3.05) is 6.61 Å². The summed E-state index contributed by atoms with van der Waals surface area (Å²) in [5, 5.41) is 2.76. The smallest absolute Gasteiger partial charge is 0.192 e. The zero-order chi connectivity index (χ0) is 34.4. The molecule has 1 aromatic carbocycles. The van der Waals surface area contributed by atoms with Crippen molar-refractivity contribution in [2.24, 2.45) is 5.92 Å². The first kappa shape index (κ1) is 39.8. The van der Waals surface area contributed by atoms with Gasteiger partial charge in [-0.2, -0.15) is 0 Å². The number of aromatic nitrogens is 1. The van der Waals surface area contributed by atoms with Gasteiger partial charge in [0.05, 0.1) is 27.0 Å². The van der Waals surface area contributed by atoms with Crippen molar-refractivity contribution in [1.29, 1.82) is 0 Å². The van der Waals surface area contributed by atoms with E-state index in [0.717, 1.165) is 21.8 Å². The lowest BCUT2D eigenvalue weighted by Gasteiger charge is -2.39. The van der Waals surface area contributed by atoms with Gasteiger partial charge in [-0.25, -0.2) is 13.4 Å². The molecule has 5 nitrogen and oxygen atoms in total. The minimum absolute atomic E-state index is 0.0684. The molecule has 1 aromatic heterocycles. The van der Waals surface area contributed by atoms with E-state index in [1.807, 2.05) is 13.0 Å². The second-order valence-corrected chi connectivity index (χ2v) is 28.8. The lowest BCUT2D eigenvalue weighted by Crippen LogP contribution is -2.44. The van der Waals surface area contributed by atoms with E-state index in [-0.39, 0.29) is 22.1 Å². The van der Waals surface area contributed by atoms with Gasteiger partial charge in [0.2, 0.25) is 0 Å². The molecule has 0 saturated carbocycles. The van der Waals surface area contributed by atoms with E-state index in [1.54, 1.807) is 35.6 Å². The molecule has 0 fully saturated rings. The van der Waals surface area contributed by atoms with Crippen LogP contribution in [0.5, 0.6) is 0 Å². The number of sulfone groups is 1. The van der Waals surface area contributed by atoms with Crippen LogP contribution >= 0.6 is 11.3 Å². The number of thiazole rings is 1. The number of allylic oxidation sites excluding steroid dienone is 1. The van der Waals surface area contributed by atoms with Gasteiger partial charge in [-0.1, -0.05) is 78.3 Å². The van der Waals surface area contributed by atoms with Gasteiger partial charge in [-0.3, -0.25) is 0 Å². The van der Waals surface area contributed by atoms with Crippen LogP contribution in [0.2, 0.25) is 36.3 Å². The summed E-state index contributed by atoms with van der Waals surface area (Å²) >= 11 is 1.65. The SMILES string of the molecule is CC(=CC[C@H](O[Si](C)(C)C(C)(C)C)C(C)=Cc1csc(C)n1)C[C@@H](C[C@H](C)CO[Si](C)(C)C(C)(C)C)S(=O)(=O)c1ccccc1. The highest BCUT2D eigenvalue weighted by Crippen LogP contribution is 2.39. The molecule has 1 heterocycles. The van der Waals surface area contributed by atoms with Crippen LogP contribution in [0.25, 0.3) is 6.08 Å². The molecule has 3 atom stereocenters. The summed E-state index contributed by atoms with van der Waals surface area (Å²) in [5.74, 6) is 0.108. The summed E-state index contributed by atoms with van der Waals surface area (Å²) in [7, 11) is -7.56. The van der Waals surface area contributed by atoms with E-state index in [4.69, 9.17) is 8.85 Å². The molecule has 0 unspecified atom stereocenters. The quantitative estimate of drug-likeness (QED) is 0.137. The van der Waals surface area contributed by atoms with Gasteiger partial charge in [0.1, 0.15) is 0 Å². The van der Waals surface area contributed by atoms with Gasteiger partial charge in [-0.15, -0.1) is 11.3 Å². The molecule has 2 aromatic rings. The maximum atomic E-state index is 14.0. The van der Waals surface area contributed by atoms with E-state index in [9.17, 15) is 8.42 Å². The van der Waals surface area contributed by atoms with Crippen molar-refractivity contribution in [2.45, 2.75) is 141 Å². The van der Waals surface area contributed by atoms with Crippen LogP contribution in [0.15, 0.2) is 57.8 Å². The highest BCUT2D eigenvalue weighted by Gasteiger charge is 2.40. The maximum Gasteiger partial charge on any atom is 0.192 e. The van der Waals surface area contributed by atoms with Gasteiger partial charge < -0.3 is 8.85 Å². The Morgan fingerprint density at radius 2 is 1.56 bits per heavy atom. The lowest BCUT2D eigenvalue weighted by atomic mass is 10.00. The normalized spacial score (nSPS) is 16.5. The number of benzene rings is 1. The minimum Gasteiger partial charge on any atom is -0.417 e. The zero-order valence-electron chi connectivity index (χ0n) is 30.6. The molecule has 254 valence electrons. The Bertz CT molecular complexity index is 1400. The summed E-state index contributed by atoms with van der Waals surface area (Å²) < 4.78 is 41.5. The Morgan fingerprint density at radius 3 is 2.07 bits per heavy atom. The molecule has 2 rings (SSSR count). The Labute approximate surface area is 282 Å². The van der Waals surface area contributed by atoms with Crippen molar-refractivity contribution in [3.8, 4) is 0 Å². The number of hydrogen-bond acceptors (Lipinski definition) is 6. The van der Waals surface area contributed by atoms with Crippen LogP contribution in [0, 0.1) is 12.8 Å². The Morgan fingerprint density at radius 1 is 0.978 bits per heavy atom. The van der Waals surface area contributed by atoms with E-state index >= 15 is 0 Å². The first-order chi connectivity index (χ1) is 20.5. The fourth-order valence-electron chi connectivity index (χ4n) is 4.59. The third kappa shape index (κ3) is 11.7. The summed E-state index contributed by atoms with van der Waals surface area (Å²) in [4.78, 5) is 5.03. The van der Waals surface area contributed by atoms with Gasteiger partial charge in [0.15, 0.2) is 26.5 Å². The summed E-state index contributed by atoms with van der Waals surface area (Å²) in [5.41, 5.74) is 3.17. The number of aryl methyl sites for hydroxylation is 1. The van der Waals surface area contributed by atoms with E-state index < -0.39 is 31.7 Å². The fourth-order valence-corrected chi connectivity index (χ4v) is 9.63. The van der Waals surface area contributed by atoms with E-state index in [0.29, 0.717) is 30.8 Å². The van der Waals surface area contributed by atoms with Crippen LogP contribution < -0.4 is 0 Å². The average molecular weight is 692 g/mol.